The van der Waals surface area contributed by atoms with E-state index in [4.69, 9.17) is 10.3 Å². The van der Waals surface area contributed by atoms with Crippen LogP contribution in [0.15, 0.2) is 0 Å². The Kier molecular flexibility index (Phi) is 4.02. The van der Waals surface area contributed by atoms with Gasteiger partial charge in [-0.05, 0) is 20.8 Å². The third kappa shape index (κ3) is 4.19. The van der Waals surface area contributed by atoms with E-state index < -0.39 is 29.0 Å². The van der Waals surface area contributed by atoms with E-state index in [1.54, 1.807) is 20.8 Å². The lowest BCUT2D eigenvalue weighted by atomic mass is 10.2. The molecule has 0 aromatic carbocycles. The van der Waals surface area contributed by atoms with Crippen LogP contribution in [0, 0.1) is 0 Å². The summed E-state index contributed by atoms with van der Waals surface area (Å²) in [7, 11) is 0. The molecule has 82 valence electrons. The first-order valence-electron chi connectivity index (χ1n) is 3.58. The van der Waals surface area contributed by atoms with Gasteiger partial charge >= 0.3 is 12.1 Å². The molecule has 0 saturated carbocycles. The van der Waals surface area contributed by atoms with Crippen molar-refractivity contribution in [1.82, 2.24) is 4.31 Å². The highest BCUT2D eigenvalue weighted by molar-refractivity contribution is 7.78. The molecule has 0 fully saturated rings. The number of ether oxygens (including phenoxy) is 1. The predicted molar refractivity (Wildman–Crippen MR) is 48.4 cm³/mol. The van der Waals surface area contributed by atoms with Gasteiger partial charge in [-0.15, -0.1) is 4.31 Å². The first kappa shape index (κ1) is 12.8. The molecule has 0 spiro atoms. The van der Waals surface area contributed by atoms with Crippen molar-refractivity contribution in [2.24, 2.45) is 5.73 Å². The summed E-state index contributed by atoms with van der Waals surface area (Å²) in [6.07, 6.45) is -1.26. The maximum absolute atomic E-state index is 11.1. The second-order valence-electron chi connectivity index (χ2n) is 3.34. The Morgan fingerprint density at radius 1 is 1.43 bits per heavy atom. The molecule has 8 heteroatoms. The molecule has 0 aliphatic heterocycles. The minimum Gasteiger partial charge on any atom is -0.443 e. The molecule has 0 rings (SSSR count). The fourth-order valence-electron chi connectivity index (χ4n) is 0.534. The number of carbonyl (C=O) groups excluding carboxylic acids is 2. The van der Waals surface area contributed by atoms with Crippen LogP contribution < -0.4 is 5.73 Å². The van der Waals surface area contributed by atoms with Gasteiger partial charge in [0.2, 0.25) is 0 Å². The molecule has 0 aliphatic carbocycles. The highest BCUT2D eigenvalue weighted by atomic mass is 32.2. The molecular formula is C6H12N2O5S. The topological polar surface area (TPSA) is 110 Å². The van der Waals surface area contributed by atoms with E-state index in [1.165, 1.54) is 0 Å². The molecule has 3 N–H and O–H groups in total. The number of hydrogen-bond donors (Lipinski definition) is 2. The number of primary amides is 1. The maximum Gasteiger partial charge on any atom is 0.432 e. The average Bonchev–Trinajstić information content (AvgIpc) is 1.78. The number of hydrogen-bond acceptors (Lipinski definition) is 4. The van der Waals surface area contributed by atoms with Crippen LogP contribution in [0.4, 0.5) is 9.59 Å². The van der Waals surface area contributed by atoms with Crippen LogP contribution in [0.25, 0.3) is 0 Å². The smallest absolute Gasteiger partial charge is 0.432 e. The van der Waals surface area contributed by atoms with Crippen LogP contribution >= 0.6 is 0 Å². The zero-order chi connectivity index (χ0) is 11.5. The Balaban J connectivity index is 4.63. The zero-order valence-electron chi connectivity index (χ0n) is 8.01. The number of amides is 3. The summed E-state index contributed by atoms with van der Waals surface area (Å²) in [5, 5.41) is 0. The SMILES string of the molecule is CC(C)(C)OC(=O)N(C(N)=O)S(=O)O. The van der Waals surface area contributed by atoms with Crippen molar-refractivity contribution >= 4 is 23.4 Å². The molecule has 0 saturated heterocycles. The molecule has 0 radical (unpaired) electrons. The summed E-state index contributed by atoms with van der Waals surface area (Å²) < 4.78 is 23.6. The first-order chi connectivity index (χ1) is 6.15. The molecule has 14 heavy (non-hydrogen) atoms. The quantitative estimate of drug-likeness (QED) is 0.628. The molecule has 1 atom stereocenters. The number of imide groups is 1. The summed E-state index contributed by atoms with van der Waals surface area (Å²) in [5.74, 6) is 0. The van der Waals surface area contributed by atoms with E-state index in [-0.39, 0.29) is 4.31 Å². The lowest BCUT2D eigenvalue weighted by molar-refractivity contribution is 0.0437. The Morgan fingerprint density at radius 3 is 2.07 bits per heavy atom. The van der Waals surface area contributed by atoms with Crippen LogP contribution in [0.2, 0.25) is 0 Å². The van der Waals surface area contributed by atoms with Gasteiger partial charge in [0.25, 0.3) is 11.3 Å². The summed E-state index contributed by atoms with van der Waals surface area (Å²) in [5.41, 5.74) is 3.82. The Bertz CT molecular complexity index is 258. The number of urea groups is 1. The van der Waals surface area contributed by atoms with Crippen molar-refractivity contribution in [2.75, 3.05) is 0 Å². The minimum atomic E-state index is -2.81. The normalized spacial score (nSPS) is 13.1. The highest BCUT2D eigenvalue weighted by Gasteiger charge is 2.29. The summed E-state index contributed by atoms with van der Waals surface area (Å²) in [6.45, 7) is 4.64. The van der Waals surface area contributed by atoms with E-state index >= 15 is 0 Å². The third-order valence-electron chi connectivity index (χ3n) is 0.916. The van der Waals surface area contributed by atoms with E-state index in [1.807, 2.05) is 0 Å². The fourth-order valence-corrected chi connectivity index (χ4v) is 0.853. The highest BCUT2D eigenvalue weighted by Crippen LogP contribution is 2.10. The second kappa shape index (κ2) is 4.38. The molecule has 0 aliphatic rings. The summed E-state index contributed by atoms with van der Waals surface area (Å²) in [4.78, 5) is 21.7. The standard InChI is InChI=1S/C6H12N2O5S/c1-6(2,3)13-5(10)8(4(7)9)14(11)12/h1-3H3,(H2,7,9)(H,11,12). The van der Waals surface area contributed by atoms with E-state index in [0.717, 1.165) is 0 Å². The van der Waals surface area contributed by atoms with Gasteiger partial charge in [0.05, 0.1) is 0 Å². The van der Waals surface area contributed by atoms with Crippen LogP contribution in [0.1, 0.15) is 20.8 Å². The number of nitrogens with two attached hydrogens (primary N) is 1. The summed E-state index contributed by atoms with van der Waals surface area (Å²) >= 11 is -2.81. The summed E-state index contributed by atoms with van der Waals surface area (Å²) in [6, 6.07) is -1.35. The van der Waals surface area contributed by atoms with Crippen molar-refractivity contribution in [1.29, 1.82) is 0 Å². The van der Waals surface area contributed by atoms with Gasteiger partial charge in [-0.25, -0.2) is 13.8 Å². The Labute approximate surface area is 83.6 Å². The lowest BCUT2D eigenvalue weighted by Crippen LogP contribution is -2.44. The van der Waals surface area contributed by atoms with E-state index in [9.17, 15) is 13.8 Å². The predicted octanol–water partition coefficient (Wildman–Crippen LogP) is 0.439. The van der Waals surface area contributed by atoms with Crippen molar-refractivity contribution in [3.8, 4) is 0 Å². The largest absolute Gasteiger partial charge is 0.443 e. The van der Waals surface area contributed by atoms with Gasteiger partial charge in [-0.3, -0.25) is 4.55 Å². The van der Waals surface area contributed by atoms with Crippen LogP contribution in [-0.4, -0.2) is 30.8 Å². The number of nitrogens with zero attached hydrogens (tertiary/aromatic N) is 1. The molecule has 7 nitrogen and oxygen atoms in total. The van der Waals surface area contributed by atoms with Crippen LogP contribution in [-0.2, 0) is 16.0 Å². The molecule has 0 bridgehead atoms. The van der Waals surface area contributed by atoms with Crippen molar-refractivity contribution in [3.63, 3.8) is 0 Å². The molecule has 1 unspecified atom stereocenters. The van der Waals surface area contributed by atoms with Gasteiger partial charge in [-0.1, -0.05) is 0 Å². The number of carbonyl (C=O) groups is 2. The molecule has 0 heterocycles. The second-order valence-corrected chi connectivity index (χ2v) is 4.17. The van der Waals surface area contributed by atoms with Gasteiger partial charge in [0.1, 0.15) is 5.60 Å². The molecule has 3 amide bonds. The van der Waals surface area contributed by atoms with Crippen LogP contribution in [0.3, 0.4) is 0 Å². The van der Waals surface area contributed by atoms with Gasteiger partial charge < -0.3 is 10.5 Å². The Morgan fingerprint density at radius 2 is 1.86 bits per heavy atom. The fraction of sp³-hybridized carbons (Fsp3) is 0.667. The number of rotatable bonds is 1. The van der Waals surface area contributed by atoms with Gasteiger partial charge in [0.15, 0.2) is 0 Å². The van der Waals surface area contributed by atoms with Crippen molar-refractivity contribution in [3.05, 3.63) is 0 Å². The van der Waals surface area contributed by atoms with E-state index in [0.29, 0.717) is 0 Å². The van der Waals surface area contributed by atoms with Crippen molar-refractivity contribution in [2.45, 2.75) is 26.4 Å². The Hall–Kier alpha value is -1.15. The lowest BCUT2D eigenvalue weighted by Gasteiger charge is -2.22. The minimum absolute atomic E-state index is 0.0920. The average molecular weight is 224 g/mol. The maximum atomic E-state index is 11.1. The molecule has 0 aromatic rings. The first-order valence-corrected chi connectivity index (χ1v) is 4.65. The molecule has 0 aromatic heterocycles. The van der Waals surface area contributed by atoms with Crippen LogP contribution in [0.5, 0.6) is 0 Å². The van der Waals surface area contributed by atoms with E-state index in [2.05, 4.69) is 4.74 Å². The van der Waals surface area contributed by atoms with Gasteiger partial charge in [-0.2, -0.15) is 0 Å². The third-order valence-corrected chi connectivity index (χ3v) is 1.56. The molecular weight excluding hydrogens is 212 g/mol. The van der Waals surface area contributed by atoms with Gasteiger partial charge in [0, 0.05) is 0 Å². The van der Waals surface area contributed by atoms with Crippen molar-refractivity contribution < 1.29 is 23.1 Å². The monoisotopic (exact) mass is 224 g/mol. The zero-order valence-corrected chi connectivity index (χ0v) is 8.83.